The maximum absolute atomic E-state index is 11.6. The smallest absolute Gasteiger partial charge is 0.176 e. The van der Waals surface area contributed by atoms with E-state index in [4.69, 9.17) is 4.42 Å². The number of hydrogen-bond donors (Lipinski definition) is 0. The van der Waals surface area contributed by atoms with E-state index in [1.807, 2.05) is 30.5 Å². The predicted octanol–water partition coefficient (Wildman–Crippen LogP) is 2.98. The Bertz CT molecular complexity index is 459. The van der Waals surface area contributed by atoms with E-state index in [1.54, 1.807) is 6.26 Å². The molecular weight excluding hydrogens is 196 g/mol. The predicted molar refractivity (Wildman–Crippen MR) is 58.9 cm³/mol. The van der Waals surface area contributed by atoms with Gasteiger partial charge in [-0.1, -0.05) is 18.2 Å². The Hall–Kier alpha value is -1.22. The van der Waals surface area contributed by atoms with Crippen molar-refractivity contribution < 1.29 is 9.21 Å². The highest BCUT2D eigenvalue weighted by Gasteiger charge is 2.11. The van der Waals surface area contributed by atoms with Crippen LogP contribution in [0.4, 0.5) is 0 Å². The Labute approximate surface area is 86.3 Å². The van der Waals surface area contributed by atoms with Crippen molar-refractivity contribution in [2.75, 3.05) is 12.0 Å². The molecule has 1 aromatic heterocycles. The third kappa shape index (κ3) is 1.55. The molecular formula is C11H10O2S. The number of carbonyl (C=O) groups is 1. The molecule has 0 spiro atoms. The van der Waals surface area contributed by atoms with Gasteiger partial charge in [0.2, 0.25) is 0 Å². The first-order valence-corrected chi connectivity index (χ1v) is 5.70. The number of ketones is 1. The van der Waals surface area contributed by atoms with E-state index in [2.05, 4.69) is 0 Å². The van der Waals surface area contributed by atoms with Crippen LogP contribution >= 0.6 is 11.8 Å². The Kier molecular flexibility index (Phi) is 2.59. The van der Waals surface area contributed by atoms with Crippen LogP contribution in [0.3, 0.4) is 0 Å². The summed E-state index contributed by atoms with van der Waals surface area (Å²) in [6.07, 6.45) is 3.46. The molecule has 1 aromatic carbocycles. The van der Waals surface area contributed by atoms with Gasteiger partial charge in [0.1, 0.15) is 11.8 Å². The summed E-state index contributed by atoms with van der Waals surface area (Å²) in [5.41, 5.74) is 1.46. The van der Waals surface area contributed by atoms with Gasteiger partial charge in [-0.15, -0.1) is 0 Å². The molecule has 0 aliphatic rings. The Morgan fingerprint density at radius 2 is 2.21 bits per heavy atom. The SMILES string of the molecule is CSCC(=O)c1coc2ccccc12. The number of thioether (sulfide) groups is 1. The van der Waals surface area contributed by atoms with Crippen LogP contribution in [0, 0.1) is 0 Å². The van der Waals surface area contributed by atoms with Crippen LogP contribution in [0.25, 0.3) is 11.0 Å². The first-order valence-electron chi connectivity index (χ1n) is 4.31. The van der Waals surface area contributed by atoms with Crippen molar-refractivity contribution in [2.24, 2.45) is 0 Å². The third-order valence-corrected chi connectivity index (χ3v) is 2.61. The van der Waals surface area contributed by atoms with E-state index in [-0.39, 0.29) is 5.78 Å². The van der Waals surface area contributed by atoms with E-state index in [9.17, 15) is 4.79 Å². The molecule has 0 N–H and O–H groups in total. The van der Waals surface area contributed by atoms with Crippen LogP contribution in [-0.2, 0) is 0 Å². The van der Waals surface area contributed by atoms with Crippen molar-refractivity contribution in [2.45, 2.75) is 0 Å². The van der Waals surface area contributed by atoms with Gasteiger partial charge >= 0.3 is 0 Å². The molecule has 0 saturated heterocycles. The summed E-state index contributed by atoms with van der Waals surface area (Å²) in [7, 11) is 0. The molecule has 0 aliphatic carbocycles. The molecule has 2 rings (SSSR count). The zero-order valence-corrected chi connectivity index (χ0v) is 8.64. The maximum atomic E-state index is 11.6. The van der Waals surface area contributed by atoms with E-state index in [0.29, 0.717) is 11.3 Å². The lowest BCUT2D eigenvalue weighted by molar-refractivity contribution is 0.102. The highest BCUT2D eigenvalue weighted by molar-refractivity contribution is 7.99. The number of carbonyl (C=O) groups excluding carboxylic acids is 1. The average molecular weight is 206 g/mol. The Morgan fingerprint density at radius 1 is 1.43 bits per heavy atom. The van der Waals surface area contributed by atoms with E-state index < -0.39 is 0 Å². The zero-order valence-electron chi connectivity index (χ0n) is 7.82. The zero-order chi connectivity index (χ0) is 9.97. The first kappa shape index (κ1) is 9.34. The van der Waals surface area contributed by atoms with Gasteiger partial charge in [0.25, 0.3) is 0 Å². The van der Waals surface area contributed by atoms with Crippen LogP contribution in [0.1, 0.15) is 10.4 Å². The van der Waals surface area contributed by atoms with Crippen molar-refractivity contribution in [1.82, 2.24) is 0 Å². The lowest BCUT2D eigenvalue weighted by Gasteiger charge is -1.94. The number of Topliss-reactive ketones (excluding diaryl/α,β-unsaturated/α-hetero) is 1. The van der Waals surface area contributed by atoms with Gasteiger partial charge in [-0.25, -0.2) is 0 Å². The highest BCUT2D eigenvalue weighted by atomic mass is 32.2. The van der Waals surface area contributed by atoms with Crippen molar-refractivity contribution in [3.8, 4) is 0 Å². The van der Waals surface area contributed by atoms with Crippen LogP contribution < -0.4 is 0 Å². The summed E-state index contributed by atoms with van der Waals surface area (Å²) in [5, 5.41) is 0.909. The lowest BCUT2D eigenvalue weighted by atomic mass is 10.1. The number of para-hydroxylation sites is 1. The molecule has 2 nitrogen and oxygen atoms in total. The Balaban J connectivity index is 2.47. The lowest BCUT2D eigenvalue weighted by Crippen LogP contribution is -2.00. The third-order valence-electron chi connectivity index (χ3n) is 2.06. The summed E-state index contributed by atoms with van der Waals surface area (Å²) < 4.78 is 5.29. The van der Waals surface area contributed by atoms with Crippen LogP contribution in [0.15, 0.2) is 34.9 Å². The molecule has 0 saturated carbocycles. The molecule has 14 heavy (non-hydrogen) atoms. The fraction of sp³-hybridized carbons (Fsp3) is 0.182. The normalized spacial score (nSPS) is 10.6. The standard InChI is InChI=1S/C11H10O2S/c1-14-7-10(12)9-6-13-11-5-3-2-4-8(9)11/h2-6H,7H2,1H3. The van der Waals surface area contributed by atoms with Gasteiger partial charge in [-0.3, -0.25) is 4.79 Å². The van der Waals surface area contributed by atoms with Gasteiger partial charge < -0.3 is 4.42 Å². The van der Waals surface area contributed by atoms with Crippen LogP contribution in [0.2, 0.25) is 0 Å². The average Bonchev–Trinajstić information content (AvgIpc) is 2.61. The highest BCUT2D eigenvalue weighted by Crippen LogP contribution is 2.21. The minimum Gasteiger partial charge on any atom is -0.464 e. The van der Waals surface area contributed by atoms with E-state index in [0.717, 1.165) is 11.0 Å². The monoisotopic (exact) mass is 206 g/mol. The summed E-state index contributed by atoms with van der Waals surface area (Å²) >= 11 is 1.53. The number of rotatable bonds is 3. The molecule has 0 fully saturated rings. The fourth-order valence-electron chi connectivity index (χ4n) is 1.40. The quantitative estimate of drug-likeness (QED) is 0.723. The second-order valence-electron chi connectivity index (χ2n) is 3.00. The summed E-state index contributed by atoms with van der Waals surface area (Å²) in [5.74, 6) is 0.631. The van der Waals surface area contributed by atoms with Gasteiger partial charge in [-0.2, -0.15) is 11.8 Å². The fourth-order valence-corrected chi connectivity index (χ4v) is 1.82. The molecule has 0 unspecified atom stereocenters. The number of furan rings is 1. The molecule has 3 heteroatoms. The molecule has 0 bridgehead atoms. The number of benzene rings is 1. The molecule has 1 heterocycles. The van der Waals surface area contributed by atoms with Crippen molar-refractivity contribution in [3.63, 3.8) is 0 Å². The van der Waals surface area contributed by atoms with Crippen LogP contribution in [-0.4, -0.2) is 17.8 Å². The van der Waals surface area contributed by atoms with E-state index >= 15 is 0 Å². The number of fused-ring (bicyclic) bond motifs is 1. The molecule has 72 valence electrons. The van der Waals surface area contributed by atoms with Crippen molar-refractivity contribution in [1.29, 1.82) is 0 Å². The summed E-state index contributed by atoms with van der Waals surface area (Å²) in [6.45, 7) is 0. The minimum absolute atomic E-state index is 0.127. The van der Waals surface area contributed by atoms with Crippen molar-refractivity contribution >= 4 is 28.5 Å². The molecule has 0 aliphatic heterocycles. The second kappa shape index (κ2) is 3.88. The minimum atomic E-state index is 0.127. The summed E-state index contributed by atoms with van der Waals surface area (Å²) in [4.78, 5) is 11.6. The maximum Gasteiger partial charge on any atom is 0.176 e. The number of hydrogen-bond acceptors (Lipinski definition) is 3. The molecule has 0 atom stereocenters. The van der Waals surface area contributed by atoms with Gasteiger partial charge in [0.15, 0.2) is 5.78 Å². The molecule has 0 amide bonds. The van der Waals surface area contributed by atoms with Gasteiger partial charge in [-0.05, 0) is 12.3 Å². The van der Waals surface area contributed by atoms with Gasteiger partial charge in [0, 0.05) is 5.39 Å². The van der Waals surface area contributed by atoms with Crippen molar-refractivity contribution in [3.05, 3.63) is 36.1 Å². The molecule has 2 aromatic rings. The summed E-state index contributed by atoms with van der Waals surface area (Å²) in [6, 6.07) is 7.58. The second-order valence-corrected chi connectivity index (χ2v) is 3.87. The molecule has 0 radical (unpaired) electrons. The Morgan fingerprint density at radius 3 is 3.00 bits per heavy atom. The van der Waals surface area contributed by atoms with Gasteiger partial charge in [0.05, 0.1) is 11.3 Å². The van der Waals surface area contributed by atoms with E-state index in [1.165, 1.54) is 11.8 Å². The largest absolute Gasteiger partial charge is 0.464 e. The van der Waals surface area contributed by atoms with Crippen LogP contribution in [0.5, 0.6) is 0 Å². The topological polar surface area (TPSA) is 30.2 Å². The first-order chi connectivity index (χ1) is 6.83.